The summed E-state index contributed by atoms with van der Waals surface area (Å²) in [7, 11) is 0. The van der Waals surface area contributed by atoms with Crippen molar-refractivity contribution in [3.63, 3.8) is 0 Å². The number of carbonyl (C=O) groups excluding carboxylic acids is 3. The lowest BCUT2D eigenvalue weighted by Gasteiger charge is -2.08. The van der Waals surface area contributed by atoms with E-state index in [1.165, 1.54) is 12.1 Å². The topological polar surface area (TPSA) is 83.5 Å². The van der Waals surface area contributed by atoms with E-state index in [-0.39, 0.29) is 23.3 Å². The molecule has 0 radical (unpaired) electrons. The molecule has 0 atom stereocenters. The molecule has 0 aliphatic heterocycles. The lowest BCUT2D eigenvalue weighted by Crippen LogP contribution is -2.17. The Bertz CT molecular complexity index is 1010. The fourth-order valence-electron chi connectivity index (χ4n) is 3.88. The smallest absolute Gasteiger partial charge is 0.243 e. The Hall–Kier alpha value is -3.12. The van der Waals surface area contributed by atoms with E-state index in [9.17, 15) is 18.8 Å². The van der Waals surface area contributed by atoms with Crippen molar-refractivity contribution in [1.29, 1.82) is 0 Å². The van der Waals surface area contributed by atoms with E-state index >= 15 is 0 Å². The second kappa shape index (κ2) is 12.9. The van der Waals surface area contributed by atoms with Gasteiger partial charge in [0.15, 0.2) is 5.78 Å². The maximum atomic E-state index is 13.4. The zero-order valence-electron chi connectivity index (χ0n) is 19.4. The molecule has 34 heavy (non-hydrogen) atoms. The summed E-state index contributed by atoms with van der Waals surface area (Å²) >= 11 is 0. The van der Waals surface area contributed by atoms with Crippen LogP contribution >= 0.6 is 0 Å². The van der Waals surface area contributed by atoms with Crippen LogP contribution in [0.4, 0.5) is 4.39 Å². The number of carbonyl (C=O) groups is 3. The van der Waals surface area contributed by atoms with Crippen LogP contribution in [0.2, 0.25) is 0 Å². The number of hydroxylamine groups is 1. The van der Waals surface area contributed by atoms with Gasteiger partial charge in [0.1, 0.15) is 11.6 Å². The fraction of sp³-hybridized carbons (Fsp3) is 0.393. The summed E-state index contributed by atoms with van der Waals surface area (Å²) in [6.07, 6.45) is 8.89. The quantitative estimate of drug-likeness (QED) is 0.123. The number of hydrogen-bond acceptors (Lipinski definition) is 4. The van der Waals surface area contributed by atoms with Gasteiger partial charge >= 0.3 is 0 Å². The predicted octanol–water partition coefficient (Wildman–Crippen LogP) is 5.69. The molecular formula is C28H32FNO4. The maximum absolute atomic E-state index is 13.4. The number of rotatable bonds is 14. The number of amides is 1. The van der Waals surface area contributed by atoms with Crippen LogP contribution < -0.4 is 5.48 Å². The van der Waals surface area contributed by atoms with Crippen LogP contribution in [0.3, 0.4) is 0 Å². The average Bonchev–Trinajstić information content (AvgIpc) is 3.65. The van der Waals surface area contributed by atoms with E-state index in [0.29, 0.717) is 49.2 Å². The molecule has 2 aromatic carbocycles. The summed E-state index contributed by atoms with van der Waals surface area (Å²) in [5, 5.41) is 8.45. The van der Waals surface area contributed by atoms with Crippen LogP contribution in [0.5, 0.6) is 0 Å². The molecule has 5 nitrogen and oxygen atoms in total. The summed E-state index contributed by atoms with van der Waals surface area (Å²) in [4.78, 5) is 36.1. The molecule has 0 saturated heterocycles. The minimum absolute atomic E-state index is 0.0744. The molecule has 1 fully saturated rings. The van der Waals surface area contributed by atoms with Crippen LogP contribution in [-0.4, -0.2) is 22.7 Å². The number of hydrogen-bond donors (Lipinski definition) is 2. The Labute approximate surface area is 200 Å². The highest BCUT2D eigenvalue weighted by atomic mass is 19.1. The van der Waals surface area contributed by atoms with Crippen molar-refractivity contribution in [2.75, 3.05) is 0 Å². The van der Waals surface area contributed by atoms with Crippen LogP contribution in [0, 0.1) is 11.7 Å². The van der Waals surface area contributed by atoms with Gasteiger partial charge in [-0.1, -0.05) is 49.2 Å². The van der Waals surface area contributed by atoms with Gasteiger partial charge in [0.05, 0.1) is 0 Å². The number of allylic oxidation sites excluding steroid dienone is 1. The molecule has 1 amide bonds. The van der Waals surface area contributed by atoms with E-state index in [4.69, 9.17) is 5.21 Å². The van der Waals surface area contributed by atoms with Gasteiger partial charge in [-0.05, 0) is 66.5 Å². The first-order chi connectivity index (χ1) is 16.4. The Morgan fingerprint density at radius 3 is 2.18 bits per heavy atom. The molecule has 1 saturated carbocycles. The first-order valence-corrected chi connectivity index (χ1v) is 12.0. The van der Waals surface area contributed by atoms with E-state index in [2.05, 4.69) is 0 Å². The van der Waals surface area contributed by atoms with Crippen molar-refractivity contribution in [3.8, 4) is 0 Å². The predicted molar refractivity (Wildman–Crippen MR) is 129 cm³/mol. The standard InChI is InChI=1S/C28H32FNO4/c29-24-15-13-23(14-16-24)26(27(32)19-22-11-12-22)18-21-9-7-20(8-10-21)17-25(31)5-3-1-2-4-6-28(33)30-34/h7-10,13-16,18,22,34H,1-6,11-12,17,19H2,(H,30,33)/b26-18+. The molecular weight excluding hydrogens is 433 g/mol. The van der Waals surface area contributed by atoms with E-state index in [0.717, 1.165) is 43.2 Å². The van der Waals surface area contributed by atoms with Gasteiger partial charge in [0.2, 0.25) is 5.91 Å². The van der Waals surface area contributed by atoms with Gasteiger partial charge in [0, 0.05) is 31.3 Å². The molecule has 1 aliphatic carbocycles. The van der Waals surface area contributed by atoms with Gasteiger partial charge < -0.3 is 0 Å². The average molecular weight is 466 g/mol. The minimum Gasteiger partial charge on any atom is -0.299 e. The maximum Gasteiger partial charge on any atom is 0.243 e. The molecule has 0 unspecified atom stereocenters. The highest BCUT2D eigenvalue weighted by Crippen LogP contribution is 2.35. The molecule has 3 rings (SSSR count). The van der Waals surface area contributed by atoms with Crippen molar-refractivity contribution in [2.24, 2.45) is 5.92 Å². The van der Waals surface area contributed by atoms with Crippen LogP contribution in [0.25, 0.3) is 11.6 Å². The molecule has 6 heteroatoms. The number of benzene rings is 2. The highest BCUT2D eigenvalue weighted by molar-refractivity contribution is 6.25. The number of ketones is 2. The number of nitrogens with one attached hydrogen (secondary N) is 1. The third-order valence-electron chi connectivity index (χ3n) is 6.05. The first-order valence-electron chi connectivity index (χ1n) is 12.0. The molecule has 0 heterocycles. The monoisotopic (exact) mass is 465 g/mol. The van der Waals surface area contributed by atoms with Gasteiger partial charge in [-0.15, -0.1) is 0 Å². The lowest BCUT2D eigenvalue weighted by atomic mass is 9.95. The largest absolute Gasteiger partial charge is 0.299 e. The minimum atomic E-state index is -0.383. The molecule has 0 spiro atoms. The Kier molecular flexibility index (Phi) is 9.71. The summed E-state index contributed by atoms with van der Waals surface area (Å²) in [5.41, 5.74) is 4.71. The van der Waals surface area contributed by atoms with Crippen LogP contribution in [0.1, 0.15) is 74.5 Å². The normalized spacial score (nSPS) is 13.5. The second-order valence-electron chi connectivity index (χ2n) is 9.04. The number of halogens is 1. The Morgan fingerprint density at radius 1 is 0.912 bits per heavy atom. The Morgan fingerprint density at radius 2 is 1.56 bits per heavy atom. The summed E-state index contributed by atoms with van der Waals surface area (Å²) < 4.78 is 13.4. The molecule has 0 aromatic heterocycles. The van der Waals surface area contributed by atoms with Gasteiger partial charge in [-0.3, -0.25) is 19.6 Å². The van der Waals surface area contributed by atoms with Gasteiger partial charge in [-0.25, -0.2) is 9.87 Å². The van der Waals surface area contributed by atoms with Gasteiger partial charge in [-0.2, -0.15) is 0 Å². The molecule has 0 bridgehead atoms. The molecule has 2 N–H and O–H groups in total. The second-order valence-corrected chi connectivity index (χ2v) is 9.04. The van der Waals surface area contributed by atoms with Crippen LogP contribution in [0.15, 0.2) is 48.5 Å². The van der Waals surface area contributed by atoms with E-state index < -0.39 is 0 Å². The highest BCUT2D eigenvalue weighted by Gasteiger charge is 2.26. The van der Waals surface area contributed by atoms with Crippen LogP contribution in [-0.2, 0) is 20.8 Å². The van der Waals surface area contributed by atoms with Crippen molar-refractivity contribution in [2.45, 2.75) is 64.2 Å². The lowest BCUT2D eigenvalue weighted by molar-refractivity contribution is -0.129. The van der Waals surface area contributed by atoms with Crippen molar-refractivity contribution >= 4 is 29.1 Å². The van der Waals surface area contributed by atoms with Crippen molar-refractivity contribution in [3.05, 3.63) is 71.0 Å². The third-order valence-corrected chi connectivity index (χ3v) is 6.05. The fourth-order valence-corrected chi connectivity index (χ4v) is 3.88. The zero-order valence-corrected chi connectivity index (χ0v) is 19.4. The van der Waals surface area contributed by atoms with E-state index in [1.807, 2.05) is 30.3 Å². The van der Waals surface area contributed by atoms with E-state index in [1.54, 1.807) is 17.6 Å². The molecule has 180 valence electrons. The third kappa shape index (κ3) is 8.67. The zero-order chi connectivity index (χ0) is 24.3. The van der Waals surface area contributed by atoms with Crippen molar-refractivity contribution in [1.82, 2.24) is 5.48 Å². The first kappa shape index (κ1) is 25.5. The number of Topliss-reactive ketones (excluding diaryl/α,β-unsaturated/α-hetero) is 2. The molecule has 2 aromatic rings. The SMILES string of the molecule is O=C(CCCCCCC(=O)NO)Cc1ccc(/C=C(/C(=O)CC2CC2)c2ccc(F)cc2)cc1. The number of unbranched alkanes of at least 4 members (excludes halogenated alkanes) is 3. The summed E-state index contributed by atoms with van der Waals surface area (Å²) in [5.74, 6) is -0.00886. The summed E-state index contributed by atoms with van der Waals surface area (Å²) in [6.45, 7) is 0. The Balaban J connectivity index is 1.54. The summed E-state index contributed by atoms with van der Waals surface area (Å²) in [6, 6.07) is 13.6. The van der Waals surface area contributed by atoms with Gasteiger partial charge in [0.25, 0.3) is 0 Å². The molecule has 1 aliphatic rings. The van der Waals surface area contributed by atoms with Crippen molar-refractivity contribution < 1.29 is 24.0 Å².